The lowest BCUT2D eigenvalue weighted by atomic mass is 9.85. The van der Waals surface area contributed by atoms with Gasteiger partial charge < -0.3 is 9.64 Å². The number of ether oxygens (including phenoxy) is 1. The van der Waals surface area contributed by atoms with Gasteiger partial charge in [0.2, 0.25) is 10.0 Å². The van der Waals surface area contributed by atoms with Crippen molar-refractivity contribution < 1.29 is 17.9 Å². The Morgan fingerprint density at radius 1 is 1.35 bits per heavy atom. The number of rotatable bonds is 3. The molecule has 1 N–H and O–H groups in total. The normalized spacial score (nSPS) is 28.2. The fraction of sp³-hybridized carbons (Fsp3) is 0.600. The summed E-state index contributed by atoms with van der Waals surface area (Å²) in [5.41, 5.74) is 0.563. The number of carbonyl (C=O) groups is 1. The molecule has 3 heterocycles. The van der Waals surface area contributed by atoms with Gasteiger partial charge in [0.05, 0.1) is 18.4 Å². The van der Waals surface area contributed by atoms with Gasteiger partial charge in [-0.1, -0.05) is 0 Å². The summed E-state index contributed by atoms with van der Waals surface area (Å²) in [7, 11) is -3.37. The first-order chi connectivity index (χ1) is 10.9. The molecule has 8 heteroatoms. The molecular weight excluding hydrogens is 318 g/mol. The Labute approximate surface area is 136 Å². The van der Waals surface area contributed by atoms with Crippen molar-refractivity contribution in [2.24, 2.45) is 5.92 Å². The van der Waals surface area contributed by atoms with Gasteiger partial charge in [-0.25, -0.2) is 13.1 Å². The third kappa shape index (κ3) is 3.88. The van der Waals surface area contributed by atoms with Crippen LogP contribution >= 0.6 is 0 Å². The number of hydrogen-bond donors (Lipinski definition) is 1. The maximum atomic E-state index is 12.7. The van der Waals surface area contributed by atoms with Crippen LogP contribution in [0.15, 0.2) is 24.5 Å². The molecule has 0 spiro atoms. The zero-order chi connectivity index (χ0) is 16.4. The summed E-state index contributed by atoms with van der Waals surface area (Å²) in [6.07, 6.45) is 6.00. The molecule has 0 aromatic carbocycles. The third-order valence-corrected chi connectivity index (χ3v) is 5.07. The van der Waals surface area contributed by atoms with E-state index in [0.717, 1.165) is 19.1 Å². The number of pyridine rings is 1. The smallest absolute Gasteiger partial charge is 0.254 e. The van der Waals surface area contributed by atoms with Crippen LogP contribution in [0.2, 0.25) is 0 Å². The number of piperidine rings is 1. The molecule has 3 rings (SSSR count). The van der Waals surface area contributed by atoms with Crippen LogP contribution in [0.5, 0.6) is 0 Å². The predicted octanol–water partition coefficient (Wildman–Crippen LogP) is 0.250. The molecule has 0 saturated carbocycles. The molecule has 0 radical (unpaired) electrons. The van der Waals surface area contributed by atoms with Crippen LogP contribution in [-0.4, -0.2) is 62.3 Å². The first kappa shape index (κ1) is 16.4. The largest absolute Gasteiger partial charge is 0.376 e. The van der Waals surface area contributed by atoms with E-state index in [4.69, 9.17) is 4.74 Å². The molecule has 1 aromatic heterocycles. The summed E-state index contributed by atoms with van der Waals surface area (Å²) in [5.74, 6) is 0.0549. The minimum atomic E-state index is -3.37. The average Bonchev–Trinajstić information content (AvgIpc) is 2.53. The van der Waals surface area contributed by atoms with E-state index in [1.165, 1.54) is 0 Å². The number of likely N-dealkylation sites (tertiary alicyclic amines) is 1. The Hall–Kier alpha value is -1.51. The highest BCUT2D eigenvalue weighted by Gasteiger charge is 2.41. The number of aromatic nitrogens is 1. The molecule has 3 atom stereocenters. The molecule has 1 aromatic rings. The molecule has 0 unspecified atom stereocenters. The lowest BCUT2D eigenvalue weighted by molar-refractivity contribution is -0.0749. The standard InChI is InChI=1S/C15H21N3O4S/c1-23(20,21)17-13-10-18(9-12-3-2-8-22-14(12)13)15(19)11-4-6-16-7-5-11/h4-7,12-14,17H,2-3,8-10H2,1H3/t12-,13+,14-/m0/s1. The minimum Gasteiger partial charge on any atom is -0.376 e. The van der Waals surface area contributed by atoms with Crippen LogP contribution in [0.25, 0.3) is 0 Å². The summed E-state index contributed by atoms with van der Waals surface area (Å²) in [4.78, 5) is 18.3. The predicted molar refractivity (Wildman–Crippen MR) is 84.4 cm³/mol. The van der Waals surface area contributed by atoms with Gasteiger partial charge >= 0.3 is 0 Å². The van der Waals surface area contributed by atoms with Crippen molar-refractivity contribution >= 4 is 15.9 Å². The molecule has 2 aliphatic rings. The quantitative estimate of drug-likeness (QED) is 0.853. The number of carbonyl (C=O) groups excluding carboxylic acids is 1. The Bertz CT molecular complexity index is 665. The van der Waals surface area contributed by atoms with Gasteiger partial charge in [-0.2, -0.15) is 0 Å². The number of hydrogen-bond acceptors (Lipinski definition) is 5. The second-order valence-corrected chi connectivity index (χ2v) is 7.96. The molecule has 7 nitrogen and oxygen atoms in total. The maximum absolute atomic E-state index is 12.7. The molecule has 0 bridgehead atoms. The Morgan fingerprint density at radius 2 is 2.09 bits per heavy atom. The third-order valence-electron chi connectivity index (χ3n) is 4.34. The molecule has 2 saturated heterocycles. The van der Waals surface area contributed by atoms with Gasteiger partial charge in [0.25, 0.3) is 5.91 Å². The second kappa shape index (κ2) is 6.54. The van der Waals surface area contributed by atoms with Crippen LogP contribution in [0, 0.1) is 5.92 Å². The zero-order valence-electron chi connectivity index (χ0n) is 13.0. The van der Waals surface area contributed by atoms with Gasteiger partial charge in [0.1, 0.15) is 0 Å². The highest BCUT2D eigenvalue weighted by atomic mass is 32.2. The first-order valence-electron chi connectivity index (χ1n) is 7.72. The highest BCUT2D eigenvalue weighted by Crippen LogP contribution is 2.29. The number of nitrogens with one attached hydrogen (secondary N) is 1. The number of amides is 1. The van der Waals surface area contributed by atoms with Gasteiger partial charge in [-0.05, 0) is 25.0 Å². The topological polar surface area (TPSA) is 88.6 Å². The molecule has 2 fully saturated rings. The van der Waals surface area contributed by atoms with Crippen LogP contribution in [0.1, 0.15) is 23.2 Å². The van der Waals surface area contributed by atoms with Crippen molar-refractivity contribution in [3.05, 3.63) is 30.1 Å². The molecular formula is C15H21N3O4S. The zero-order valence-corrected chi connectivity index (χ0v) is 13.8. The van der Waals surface area contributed by atoms with E-state index < -0.39 is 16.1 Å². The highest BCUT2D eigenvalue weighted by molar-refractivity contribution is 7.88. The SMILES string of the molecule is CS(=O)(=O)N[C@@H]1CN(C(=O)c2ccncc2)C[C@@H]2CCCO[C@@H]21. The van der Waals surface area contributed by atoms with Gasteiger partial charge in [0.15, 0.2) is 0 Å². The fourth-order valence-electron chi connectivity index (χ4n) is 3.43. The number of nitrogens with zero attached hydrogens (tertiary/aromatic N) is 2. The molecule has 1 amide bonds. The van der Waals surface area contributed by atoms with Crippen LogP contribution in [-0.2, 0) is 14.8 Å². The summed E-state index contributed by atoms with van der Waals surface area (Å²) in [6.45, 7) is 1.55. The molecule has 0 aliphatic carbocycles. The van der Waals surface area contributed by atoms with Crippen LogP contribution in [0.4, 0.5) is 0 Å². The van der Waals surface area contributed by atoms with Crippen molar-refractivity contribution in [2.45, 2.75) is 25.0 Å². The summed E-state index contributed by atoms with van der Waals surface area (Å²) in [6, 6.07) is 2.94. The fourth-order valence-corrected chi connectivity index (χ4v) is 4.18. The van der Waals surface area contributed by atoms with E-state index in [9.17, 15) is 13.2 Å². The summed E-state index contributed by atoms with van der Waals surface area (Å²) < 4.78 is 31.7. The molecule has 126 valence electrons. The maximum Gasteiger partial charge on any atom is 0.254 e. The van der Waals surface area contributed by atoms with Crippen molar-refractivity contribution in [3.8, 4) is 0 Å². The van der Waals surface area contributed by atoms with Crippen LogP contribution < -0.4 is 4.72 Å². The lowest BCUT2D eigenvalue weighted by Crippen LogP contribution is -2.61. The average molecular weight is 339 g/mol. The monoisotopic (exact) mass is 339 g/mol. The van der Waals surface area contributed by atoms with E-state index >= 15 is 0 Å². The van der Waals surface area contributed by atoms with E-state index in [1.54, 1.807) is 29.4 Å². The molecule has 23 heavy (non-hydrogen) atoms. The first-order valence-corrected chi connectivity index (χ1v) is 9.61. The Kier molecular flexibility index (Phi) is 4.65. The van der Waals surface area contributed by atoms with Crippen molar-refractivity contribution in [3.63, 3.8) is 0 Å². The van der Waals surface area contributed by atoms with Gasteiger partial charge in [-0.15, -0.1) is 0 Å². The van der Waals surface area contributed by atoms with E-state index in [-0.39, 0.29) is 17.9 Å². The van der Waals surface area contributed by atoms with Crippen molar-refractivity contribution in [1.29, 1.82) is 0 Å². The Balaban J connectivity index is 1.81. The number of fused-ring (bicyclic) bond motifs is 1. The van der Waals surface area contributed by atoms with Gasteiger partial charge in [0, 0.05) is 43.6 Å². The van der Waals surface area contributed by atoms with E-state index in [1.807, 2.05) is 0 Å². The lowest BCUT2D eigenvalue weighted by Gasteiger charge is -2.45. The van der Waals surface area contributed by atoms with E-state index in [0.29, 0.717) is 25.3 Å². The molecule has 2 aliphatic heterocycles. The Morgan fingerprint density at radius 3 is 2.78 bits per heavy atom. The number of sulfonamides is 1. The summed E-state index contributed by atoms with van der Waals surface area (Å²) >= 11 is 0. The van der Waals surface area contributed by atoms with Crippen molar-refractivity contribution in [1.82, 2.24) is 14.6 Å². The van der Waals surface area contributed by atoms with E-state index in [2.05, 4.69) is 9.71 Å². The van der Waals surface area contributed by atoms with Gasteiger partial charge in [-0.3, -0.25) is 9.78 Å². The second-order valence-electron chi connectivity index (χ2n) is 6.18. The summed E-state index contributed by atoms with van der Waals surface area (Å²) in [5, 5.41) is 0. The van der Waals surface area contributed by atoms with Crippen molar-refractivity contribution in [2.75, 3.05) is 26.0 Å². The minimum absolute atomic E-state index is 0.100. The van der Waals surface area contributed by atoms with Crippen LogP contribution in [0.3, 0.4) is 0 Å².